The lowest BCUT2D eigenvalue weighted by atomic mass is 10.3. The third kappa shape index (κ3) is 3.29. The maximum absolute atomic E-state index is 8.67. The second kappa shape index (κ2) is 6.92. The second-order valence-electron chi connectivity index (χ2n) is 2.93. The van der Waals surface area contributed by atoms with Crippen LogP contribution < -0.4 is 14.2 Å². The number of methoxy groups -OCH3 is 1. The molecule has 0 bridgehead atoms. The van der Waals surface area contributed by atoms with Gasteiger partial charge in [-0.2, -0.15) is 0 Å². The molecular formula is C11H16O5. The molecule has 0 unspecified atom stereocenters. The highest BCUT2D eigenvalue weighted by atomic mass is 16.5. The van der Waals surface area contributed by atoms with Crippen LogP contribution in [0.4, 0.5) is 0 Å². The number of benzene rings is 1. The molecule has 0 aliphatic rings. The molecule has 0 amide bonds. The number of hydrogen-bond donors (Lipinski definition) is 2. The van der Waals surface area contributed by atoms with Gasteiger partial charge in [0.05, 0.1) is 20.3 Å². The van der Waals surface area contributed by atoms with E-state index in [1.165, 1.54) is 7.11 Å². The second-order valence-corrected chi connectivity index (χ2v) is 2.93. The number of aliphatic hydroxyl groups is 2. The lowest BCUT2D eigenvalue weighted by Gasteiger charge is -2.14. The summed E-state index contributed by atoms with van der Waals surface area (Å²) in [6, 6.07) is 5.20. The fourth-order valence-corrected chi connectivity index (χ4v) is 1.24. The highest BCUT2D eigenvalue weighted by Crippen LogP contribution is 2.36. The van der Waals surface area contributed by atoms with E-state index in [0.29, 0.717) is 17.2 Å². The van der Waals surface area contributed by atoms with E-state index in [4.69, 9.17) is 24.4 Å². The van der Waals surface area contributed by atoms with Crippen LogP contribution in [-0.4, -0.2) is 43.8 Å². The Morgan fingerprint density at radius 1 is 1.00 bits per heavy atom. The van der Waals surface area contributed by atoms with Crippen LogP contribution in [0.15, 0.2) is 18.2 Å². The van der Waals surface area contributed by atoms with Crippen LogP contribution in [0.2, 0.25) is 0 Å². The molecule has 0 aromatic heterocycles. The van der Waals surface area contributed by atoms with Crippen molar-refractivity contribution in [3.05, 3.63) is 18.2 Å². The molecular weight excluding hydrogens is 212 g/mol. The van der Waals surface area contributed by atoms with Gasteiger partial charge >= 0.3 is 0 Å². The standard InChI is InChI=1S/C11H16O5/c1-14-11-9(15-7-5-12)3-2-4-10(11)16-8-6-13/h2-4,12-13H,5-8H2,1H3. The van der Waals surface area contributed by atoms with Gasteiger partial charge < -0.3 is 24.4 Å². The van der Waals surface area contributed by atoms with Gasteiger partial charge in [-0.25, -0.2) is 0 Å². The Bertz CT molecular complexity index is 287. The topological polar surface area (TPSA) is 68.2 Å². The number of aliphatic hydroxyl groups excluding tert-OH is 2. The molecule has 16 heavy (non-hydrogen) atoms. The zero-order chi connectivity index (χ0) is 11.8. The Balaban J connectivity index is 2.82. The van der Waals surface area contributed by atoms with Gasteiger partial charge in [0.2, 0.25) is 5.75 Å². The minimum atomic E-state index is -0.0646. The Morgan fingerprint density at radius 2 is 1.50 bits per heavy atom. The quantitative estimate of drug-likeness (QED) is 0.708. The Kier molecular flexibility index (Phi) is 5.45. The van der Waals surface area contributed by atoms with E-state index in [1.54, 1.807) is 18.2 Å². The van der Waals surface area contributed by atoms with Crippen molar-refractivity contribution < 1.29 is 24.4 Å². The van der Waals surface area contributed by atoms with E-state index in [1.807, 2.05) is 0 Å². The van der Waals surface area contributed by atoms with Crippen molar-refractivity contribution in [2.24, 2.45) is 0 Å². The van der Waals surface area contributed by atoms with Crippen LogP contribution in [0, 0.1) is 0 Å². The molecule has 0 aliphatic carbocycles. The van der Waals surface area contributed by atoms with Gasteiger partial charge in [0.15, 0.2) is 11.5 Å². The fraction of sp³-hybridized carbons (Fsp3) is 0.455. The molecule has 0 aliphatic heterocycles. The van der Waals surface area contributed by atoms with Crippen molar-refractivity contribution in [3.8, 4) is 17.2 Å². The molecule has 1 aromatic rings. The van der Waals surface area contributed by atoms with E-state index in [0.717, 1.165) is 0 Å². The maximum atomic E-state index is 8.67. The van der Waals surface area contributed by atoms with Gasteiger partial charge in [0.1, 0.15) is 13.2 Å². The molecule has 0 radical (unpaired) electrons. The summed E-state index contributed by atoms with van der Waals surface area (Å²) in [5.41, 5.74) is 0. The van der Waals surface area contributed by atoms with Crippen LogP contribution in [0.5, 0.6) is 17.2 Å². The van der Waals surface area contributed by atoms with Gasteiger partial charge in [0, 0.05) is 0 Å². The summed E-state index contributed by atoms with van der Waals surface area (Å²) >= 11 is 0. The van der Waals surface area contributed by atoms with E-state index >= 15 is 0 Å². The van der Waals surface area contributed by atoms with Crippen molar-refractivity contribution in [2.75, 3.05) is 33.5 Å². The first-order chi connectivity index (χ1) is 7.83. The zero-order valence-electron chi connectivity index (χ0n) is 9.18. The first-order valence-electron chi connectivity index (χ1n) is 4.97. The van der Waals surface area contributed by atoms with Crippen LogP contribution in [0.1, 0.15) is 0 Å². The maximum Gasteiger partial charge on any atom is 0.203 e. The summed E-state index contributed by atoms with van der Waals surface area (Å²) in [6.45, 7) is 0.259. The zero-order valence-corrected chi connectivity index (χ0v) is 9.18. The molecule has 90 valence electrons. The van der Waals surface area contributed by atoms with Gasteiger partial charge in [0.25, 0.3) is 0 Å². The van der Waals surface area contributed by atoms with E-state index in [-0.39, 0.29) is 26.4 Å². The number of rotatable bonds is 7. The number of hydrogen-bond acceptors (Lipinski definition) is 5. The van der Waals surface area contributed by atoms with Crippen molar-refractivity contribution >= 4 is 0 Å². The smallest absolute Gasteiger partial charge is 0.203 e. The van der Waals surface area contributed by atoms with Crippen LogP contribution in [0.3, 0.4) is 0 Å². The Hall–Kier alpha value is -1.46. The largest absolute Gasteiger partial charge is 0.490 e. The van der Waals surface area contributed by atoms with E-state index in [2.05, 4.69) is 0 Å². The molecule has 2 N–H and O–H groups in total. The lowest BCUT2D eigenvalue weighted by Crippen LogP contribution is -2.06. The highest BCUT2D eigenvalue weighted by molar-refractivity contribution is 5.51. The predicted octanol–water partition coefficient (Wildman–Crippen LogP) is 0.437. The monoisotopic (exact) mass is 228 g/mol. The third-order valence-electron chi connectivity index (χ3n) is 1.84. The molecule has 0 heterocycles. The molecule has 0 saturated carbocycles. The van der Waals surface area contributed by atoms with Gasteiger partial charge in [-0.3, -0.25) is 0 Å². The summed E-state index contributed by atoms with van der Waals surface area (Å²) < 4.78 is 15.7. The Labute approximate surface area is 94.2 Å². The summed E-state index contributed by atoms with van der Waals surface area (Å²) in [7, 11) is 1.51. The predicted molar refractivity (Wildman–Crippen MR) is 58.2 cm³/mol. The number of para-hydroxylation sites is 1. The van der Waals surface area contributed by atoms with Crippen molar-refractivity contribution in [2.45, 2.75) is 0 Å². The van der Waals surface area contributed by atoms with Gasteiger partial charge in [-0.15, -0.1) is 0 Å². The summed E-state index contributed by atoms with van der Waals surface area (Å²) in [5.74, 6) is 1.48. The summed E-state index contributed by atoms with van der Waals surface area (Å²) in [5, 5.41) is 17.3. The average Bonchev–Trinajstić information content (AvgIpc) is 2.33. The normalized spacial score (nSPS) is 9.94. The summed E-state index contributed by atoms with van der Waals surface area (Å²) in [4.78, 5) is 0. The molecule has 5 heteroatoms. The molecule has 1 rings (SSSR count). The minimum absolute atomic E-state index is 0.0646. The lowest BCUT2D eigenvalue weighted by molar-refractivity contribution is 0.185. The minimum Gasteiger partial charge on any atom is -0.490 e. The fourth-order valence-electron chi connectivity index (χ4n) is 1.24. The van der Waals surface area contributed by atoms with Gasteiger partial charge in [-0.1, -0.05) is 6.07 Å². The molecule has 5 nitrogen and oxygen atoms in total. The molecule has 0 spiro atoms. The number of ether oxygens (including phenoxy) is 3. The Morgan fingerprint density at radius 3 is 1.88 bits per heavy atom. The third-order valence-corrected chi connectivity index (χ3v) is 1.84. The molecule has 0 fully saturated rings. The van der Waals surface area contributed by atoms with Crippen LogP contribution in [0.25, 0.3) is 0 Å². The first-order valence-corrected chi connectivity index (χ1v) is 4.97. The molecule has 0 atom stereocenters. The van der Waals surface area contributed by atoms with Crippen molar-refractivity contribution in [3.63, 3.8) is 0 Å². The first kappa shape index (κ1) is 12.6. The van der Waals surface area contributed by atoms with E-state index < -0.39 is 0 Å². The highest BCUT2D eigenvalue weighted by Gasteiger charge is 2.10. The molecule has 1 aromatic carbocycles. The van der Waals surface area contributed by atoms with E-state index in [9.17, 15) is 0 Å². The van der Waals surface area contributed by atoms with Crippen LogP contribution in [-0.2, 0) is 0 Å². The van der Waals surface area contributed by atoms with Crippen molar-refractivity contribution in [1.29, 1.82) is 0 Å². The SMILES string of the molecule is COc1c(OCCO)cccc1OCCO. The van der Waals surface area contributed by atoms with Crippen LogP contribution >= 0.6 is 0 Å². The average molecular weight is 228 g/mol. The summed E-state index contributed by atoms with van der Waals surface area (Å²) in [6.07, 6.45) is 0. The molecule has 0 saturated heterocycles. The van der Waals surface area contributed by atoms with Gasteiger partial charge in [-0.05, 0) is 12.1 Å². The van der Waals surface area contributed by atoms with Crippen molar-refractivity contribution in [1.82, 2.24) is 0 Å².